The maximum atomic E-state index is 12.2. The lowest BCUT2D eigenvalue weighted by Gasteiger charge is -2.40. The van der Waals surface area contributed by atoms with E-state index in [2.05, 4.69) is 20.3 Å². The van der Waals surface area contributed by atoms with Crippen LogP contribution < -0.4 is 5.32 Å². The van der Waals surface area contributed by atoms with Gasteiger partial charge >= 0.3 is 5.97 Å². The molecule has 0 aliphatic rings. The Labute approximate surface area is 149 Å². The summed E-state index contributed by atoms with van der Waals surface area (Å²) < 4.78 is 4.96. The SMILES string of the molecule is CCc1cc(NC(C)(C)C(C)(C)C(=O)OC)nc(-c2ccccn2)n1. The zero-order chi connectivity index (χ0) is 18.7. The summed E-state index contributed by atoms with van der Waals surface area (Å²) in [6.07, 6.45) is 2.49. The van der Waals surface area contributed by atoms with Crippen molar-refractivity contribution < 1.29 is 9.53 Å². The van der Waals surface area contributed by atoms with Gasteiger partial charge < -0.3 is 10.1 Å². The summed E-state index contributed by atoms with van der Waals surface area (Å²) in [6, 6.07) is 7.54. The van der Waals surface area contributed by atoms with E-state index in [0.717, 1.165) is 12.1 Å². The highest BCUT2D eigenvalue weighted by Gasteiger charge is 2.44. The van der Waals surface area contributed by atoms with Crippen LogP contribution in [-0.2, 0) is 16.0 Å². The van der Waals surface area contributed by atoms with Gasteiger partial charge in [-0.15, -0.1) is 0 Å². The number of ether oxygens (including phenoxy) is 1. The van der Waals surface area contributed by atoms with Crippen molar-refractivity contribution in [2.45, 2.75) is 46.6 Å². The second-order valence-corrected chi connectivity index (χ2v) is 7.00. The Balaban J connectivity index is 2.41. The van der Waals surface area contributed by atoms with Crippen LogP contribution in [0.15, 0.2) is 30.5 Å². The lowest BCUT2D eigenvalue weighted by Crippen LogP contribution is -2.51. The maximum Gasteiger partial charge on any atom is 0.313 e. The molecule has 0 aliphatic carbocycles. The van der Waals surface area contributed by atoms with Crippen molar-refractivity contribution in [3.8, 4) is 11.5 Å². The van der Waals surface area contributed by atoms with Crippen molar-refractivity contribution in [1.82, 2.24) is 15.0 Å². The third-order valence-electron chi connectivity index (χ3n) is 4.73. The van der Waals surface area contributed by atoms with Crippen LogP contribution in [0.4, 0.5) is 5.82 Å². The Kier molecular flexibility index (Phi) is 5.40. The lowest BCUT2D eigenvalue weighted by atomic mass is 9.74. The zero-order valence-corrected chi connectivity index (χ0v) is 15.8. The number of methoxy groups -OCH3 is 1. The number of nitrogens with one attached hydrogen (secondary N) is 1. The molecule has 0 amide bonds. The smallest absolute Gasteiger partial charge is 0.313 e. The number of aromatic nitrogens is 3. The van der Waals surface area contributed by atoms with E-state index < -0.39 is 11.0 Å². The van der Waals surface area contributed by atoms with Gasteiger partial charge in [0.05, 0.1) is 12.5 Å². The normalized spacial score (nSPS) is 11.9. The van der Waals surface area contributed by atoms with Crippen molar-refractivity contribution in [3.05, 3.63) is 36.2 Å². The first-order valence-electron chi connectivity index (χ1n) is 8.37. The predicted molar refractivity (Wildman–Crippen MR) is 98.1 cm³/mol. The van der Waals surface area contributed by atoms with Gasteiger partial charge in [-0.25, -0.2) is 9.97 Å². The van der Waals surface area contributed by atoms with Gasteiger partial charge in [0.2, 0.25) is 0 Å². The van der Waals surface area contributed by atoms with E-state index in [-0.39, 0.29) is 5.97 Å². The molecule has 2 aromatic rings. The number of aryl methyl sites for hydroxylation is 1. The fourth-order valence-electron chi connectivity index (χ4n) is 2.34. The summed E-state index contributed by atoms with van der Waals surface area (Å²) in [5.74, 6) is 0.948. The fraction of sp³-hybridized carbons (Fsp3) is 0.474. The number of pyridine rings is 1. The molecule has 134 valence electrons. The minimum absolute atomic E-state index is 0.278. The second kappa shape index (κ2) is 7.17. The molecule has 2 heterocycles. The summed E-state index contributed by atoms with van der Waals surface area (Å²) in [4.78, 5) is 25.7. The average molecular weight is 342 g/mol. The number of hydrogen-bond donors (Lipinski definition) is 1. The third-order valence-corrected chi connectivity index (χ3v) is 4.73. The zero-order valence-electron chi connectivity index (χ0n) is 15.8. The molecule has 0 bridgehead atoms. The van der Waals surface area contributed by atoms with Crippen molar-refractivity contribution in [2.75, 3.05) is 12.4 Å². The molecule has 0 aliphatic heterocycles. The average Bonchev–Trinajstić information content (AvgIpc) is 2.60. The Morgan fingerprint density at radius 2 is 1.92 bits per heavy atom. The van der Waals surface area contributed by atoms with Crippen LogP contribution in [0.3, 0.4) is 0 Å². The van der Waals surface area contributed by atoms with Crippen molar-refractivity contribution in [2.24, 2.45) is 5.41 Å². The monoisotopic (exact) mass is 342 g/mol. The van der Waals surface area contributed by atoms with E-state index in [1.165, 1.54) is 7.11 Å². The topological polar surface area (TPSA) is 77.0 Å². The summed E-state index contributed by atoms with van der Waals surface area (Å²) >= 11 is 0. The molecule has 0 spiro atoms. The molecule has 2 rings (SSSR count). The standard InChI is InChI=1S/C19H26N4O2/c1-7-13-12-15(22-16(21-13)14-10-8-9-11-20-14)23-19(4,5)18(2,3)17(24)25-6/h8-12H,7H2,1-6H3,(H,21,22,23). The molecule has 0 saturated carbocycles. The Morgan fingerprint density at radius 3 is 2.48 bits per heavy atom. The minimum Gasteiger partial charge on any atom is -0.469 e. The highest BCUT2D eigenvalue weighted by Crippen LogP contribution is 2.34. The number of anilines is 1. The summed E-state index contributed by atoms with van der Waals surface area (Å²) in [6.45, 7) is 9.66. The summed E-state index contributed by atoms with van der Waals surface area (Å²) in [7, 11) is 1.40. The van der Waals surface area contributed by atoms with Crippen molar-refractivity contribution in [3.63, 3.8) is 0 Å². The van der Waals surface area contributed by atoms with Crippen molar-refractivity contribution in [1.29, 1.82) is 0 Å². The van der Waals surface area contributed by atoms with Gasteiger partial charge in [0.25, 0.3) is 0 Å². The molecular weight excluding hydrogens is 316 g/mol. The molecule has 6 heteroatoms. The van der Waals surface area contributed by atoms with Gasteiger partial charge in [0, 0.05) is 23.5 Å². The van der Waals surface area contributed by atoms with Crippen LogP contribution in [0, 0.1) is 5.41 Å². The third kappa shape index (κ3) is 3.95. The number of carbonyl (C=O) groups is 1. The van der Waals surface area contributed by atoms with Gasteiger partial charge in [-0.1, -0.05) is 13.0 Å². The van der Waals surface area contributed by atoms with E-state index >= 15 is 0 Å². The molecule has 2 aromatic heterocycles. The van der Waals surface area contributed by atoms with E-state index in [1.807, 2.05) is 58.9 Å². The molecule has 0 fully saturated rings. The first-order chi connectivity index (χ1) is 11.7. The van der Waals surface area contributed by atoms with Crippen LogP contribution in [0.5, 0.6) is 0 Å². The van der Waals surface area contributed by atoms with E-state index in [4.69, 9.17) is 4.74 Å². The highest BCUT2D eigenvalue weighted by atomic mass is 16.5. The largest absolute Gasteiger partial charge is 0.469 e. The van der Waals surface area contributed by atoms with Gasteiger partial charge in [-0.05, 0) is 46.2 Å². The molecule has 0 radical (unpaired) electrons. The molecule has 0 unspecified atom stereocenters. The van der Waals surface area contributed by atoms with Crippen LogP contribution in [0.2, 0.25) is 0 Å². The van der Waals surface area contributed by atoms with Crippen LogP contribution in [-0.4, -0.2) is 33.6 Å². The Morgan fingerprint density at radius 1 is 1.20 bits per heavy atom. The number of nitrogens with zero attached hydrogens (tertiary/aromatic N) is 3. The molecule has 6 nitrogen and oxygen atoms in total. The Bertz CT molecular complexity index is 742. The van der Waals surface area contributed by atoms with E-state index in [9.17, 15) is 4.79 Å². The molecule has 0 aromatic carbocycles. The highest BCUT2D eigenvalue weighted by molar-refractivity contribution is 5.78. The van der Waals surface area contributed by atoms with E-state index in [0.29, 0.717) is 17.3 Å². The Hall–Kier alpha value is -2.50. The molecule has 0 saturated heterocycles. The number of rotatable bonds is 6. The van der Waals surface area contributed by atoms with Crippen molar-refractivity contribution >= 4 is 11.8 Å². The van der Waals surface area contributed by atoms with Gasteiger partial charge in [-0.2, -0.15) is 0 Å². The van der Waals surface area contributed by atoms with Gasteiger partial charge in [-0.3, -0.25) is 9.78 Å². The quantitative estimate of drug-likeness (QED) is 0.810. The van der Waals surface area contributed by atoms with Crippen LogP contribution in [0.1, 0.15) is 40.3 Å². The number of esters is 1. The summed E-state index contributed by atoms with van der Waals surface area (Å²) in [5.41, 5.74) is 0.293. The first-order valence-corrected chi connectivity index (χ1v) is 8.37. The van der Waals surface area contributed by atoms with Crippen LogP contribution in [0.25, 0.3) is 11.5 Å². The number of carbonyl (C=O) groups excluding carboxylic acids is 1. The summed E-state index contributed by atoms with van der Waals surface area (Å²) in [5, 5.41) is 3.38. The molecule has 0 atom stereocenters. The van der Waals surface area contributed by atoms with Gasteiger partial charge in [0.15, 0.2) is 5.82 Å². The predicted octanol–water partition coefficient (Wildman–Crippen LogP) is 3.49. The lowest BCUT2D eigenvalue weighted by molar-refractivity contribution is -0.153. The molecule has 1 N–H and O–H groups in total. The molecule has 25 heavy (non-hydrogen) atoms. The number of hydrogen-bond acceptors (Lipinski definition) is 6. The van der Waals surface area contributed by atoms with Crippen LogP contribution >= 0.6 is 0 Å². The molecular formula is C19H26N4O2. The maximum absolute atomic E-state index is 12.2. The van der Waals surface area contributed by atoms with E-state index in [1.54, 1.807) is 6.20 Å². The fourth-order valence-corrected chi connectivity index (χ4v) is 2.34. The second-order valence-electron chi connectivity index (χ2n) is 7.00. The van der Waals surface area contributed by atoms with Gasteiger partial charge in [0.1, 0.15) is 11.5 Å². The first kappa shape index (κ1) is 18.8. The minimum atomic E-state index is -0.746.